The highest BCUT2D eigenvalue weighted by Crippen LogP contribution is 2.49. The van der Waals surface area contributed by atoms with Crippen LogP contribution in [0.2, 0.25) is 0 Å². The normalized spacial score (nSPS) is 22.2. The number of rotatable bonds is 4. The van der Waals surface area contributed by atoms with Gasteiger partial charge in [0.05, 0.1) is 6.61 Å². The molecule has 104 valence electrons. The van der Waals surface area contributed by atoms with E-state index in [1.54, 1.807) is 6.33 Å². The van der Waals surface area contributed by atoms with E-state index < -0.39 is 5.41 Å². The first-order valence-corrected chi connectivity index (χ1v) is 7.35. The molecule has 19 heavy (non-hydrogen) atoms. The van der Waals surface area contributed by atoms with Crippen molar-refractivity contribution < 1.29 is 9.53 Å². The lowest BCUT2D eigenvalue weighted by atomic mass is 9.94. The summed E-state index contributed by atoms with van der Waals surface area (Å²) in [6.45, 7) is 2.28. The molecule has 5 nitrogen and oxygen atoms in total. The summed E-state index contributed by atoms with van der Waals surface area (Å²) in [4.78, 5) is 12.2. The molecule has 2 saturated carbocycles. The van der Waals surface area contributed by atoms with E-state index in [2.05, 4.69) is 14.8 Å². The molecular formula is C14H21N3O2. The second-order valence-electron chi connectivity index (χ2n) is 5.66. The molecule has 0 amide bonds. The molecule has 2 fully saturated rings. The number of carbonyl (C=O) groups is 1. The van der Waals surface area contributed by atoms with Gasteiger partial charge in [-0.2, -0.15) is 0 Å². The highest BCUT2D eigenvalue weighted by molar-refractivity contribution is 5.85. The predicted octanol–water partition coefficient (Wildman–Crippen LogP) is 2.38. The maximum absolute atomic E-state index is 12.2. The zero-order chi connectivity index (χ0) is 13.3. The van der Waals surface area contributed by atoms with Crippen LogP contribution in [0.15, 0.2) is 6.33 Å². The van der Waals surface area contributed by atoms with Gasteiger partial charge in [0.1, 0.15) is 11.7 Å². The summed E-state index contributed by atoms with van der Waals surface area (Å²) in [5.74, 6) is 0.706. The first kappa shape index (κ1) is 12.6. The van der Waals surface area contributed by atoms with Crippen molar-refractivity contribution in [2.45, 2.75) is 63.3 Å². The van der Waals surface area contributed by atoms with Crippen LogP contribution in [0.4, 0.5) is 0 Å². The summed E-state index contributed by atoms with van der Waals surface area (Å²) in [7, 11) is 0. The third-order valence-corrected chi connectivity index (χ3v) is 4.39. The van der Waals surface area contributed by atoms with Crippen molar-refractivity contribution >= 4 is 5.97 Å². The lowest BCUT2D eigenvalue weighted by Gasteiger charge is -2.25. The van der Waals surface area contributed by atoms with Crippen LogP contribution in [0.3, 0.4) is 0 Å². The molecule has 2 aliphatic carbocycles. The Morgan fingerprint density at radius 2 is 2.16 bits per heavy atom. The monoisotopic (exact) mass is 263 g/mol. The fourth-order valence-corrected chi connectivity index (χ4v) is 3.12. The van der Waals surface area contributed by atoms with Gasteiger partial charge >= 0.3 is 5.97 Å². The molecule has 0 saturated heterocycles. The molecule has 0 radical (unpaired) electrons. The molecule has 1 aromatic rings. The topological polar surface area (TPSA) is 57.0 Å². The molecule has 0 atom stereocenters. The second-order valence-corrected chi connectivity index (χ2v) is 5.66. The van der Waals surface area contributed by atoms with Crippen molar-refractivity contribution in [2.24, 2.45) is 0 Å². The number of aromatic nitrogens is 3. The van der Waals surface area contributed by atoms with E-state index in [1.165, 1.54) is 32.1 Å². The van der Waals surface area contributed by atoms with E-state index in [0.29, 0.717) is 12.6 Å². The van der Waals surface area contributed by atoms with Gasteiger partial charge in [-0.3, -0.25) is 4.79 Å². The summed E-state index contributed by atoms with van der Waals surface area (Å²) in [5, 5.41) is 8.29. The quantitative estimate of drug-likeness (QED) is 0.783. The number of ether oxygens (including phenoxy) is 1. The highest BCUT2D eigenvalue weighted by atomic mass is 16.5. The minimum atomic E-state index is -0.496. The Hall–Kier alpha value is -1.39. The number of hydrogen-bond acceptors (Lipinski definition) is 4. The van der Waals surface area contributed by atoms with Crippen molar-refractivity contribution in [3.63, 3.8) is 0 Å². The first-order chi connectivity index (χ1) is 9.28. The van der Waals surface area contributed by atoms with E-state index >= 15 is 0 Å². The Bertz CT molecular complexity index is 459. The van der Waals surface area contributed by atoms with E-state index in [-0.39, 0.29) is 5.97 Å². The van der Waals surface area contributed by atoms with Crippen molar-refractivity contribution in [1.82, 2.24) is 14.8 Å². The van der Waals surface area contributed by atoms with Gasteiger partial charge in [0.25, 0.3) is 0 Å². The second kappa shape index (κ2) is 4.94. The van der Waals surface area contributed by atoms with Gasteiger partial charge in [-0.05, 0) is 32.6 Å². The standard InChI is InChI=1S/C14H21N3O2/c1-2-19-13(18)14(8-9-14)12-16-15-10-17(12)11-6-4-3-5-7-11/h10-11H,2-9H2,1H3. The average Bonchev–Trinajstić information content (AvgIpc) is 3.11. The van der Waals surface area contributed by atoms with Gasteiger partial charge < -0.3 is 9.30 Å². The highest BCUT2D eigenvalue weighted by Gasteiger charge is 2.56. The Balaban J connectivity index is 1.85. The maximum Gasteiger partial charge on any atom is 0.319 e. The Labute approximate surface area is 113 Å². The third-order valence-electron chi connectivity index (χ3n) is 4.39. The van der Waals surface area contributed by atoms with Crippen LogP contribution in [0.1, 0.15) is 63.7 Å². The summed E-state index contributed by atoms with van der Waals surface area (Å²) in [6.07, 6.45) is 9.66. The molecule has 1 aromatic heterocycles. The molecule has 3 rings (SSSR count). The summed E-state index contributed by atoms with van der Waals surface area (Å²) >= 11 is 0. The van der Waals surface area contributed by atoms with Crippen LogP contribution < -0.4 is 0 Å². The molecule has 0 aliphatic heterocycles. The zero-order valence-electron chi connectivity index (χ0n) is 11.5. The fourth-order valence-electron chi connectivity index (χ4n) is 3.12. The lowest BCUT2D eigenvalue weighted by Crippen LogP contribution is -2.28. The SMILES string of the molecule is CCOC(=O)C1(c2nncn2C2CCCCC2)CC1. The molecule has 0 spiro atoms. The van der Waals surface area contributed by atoms with Gasteiger partial charge in [-0.15, -0.1) is 10.2 Å². The largest absolute Gasteiger partial charge is 0.465 e. The summed E-state index contributed by atoms with van der Waals surface area (Å²) in [6, 6.07) is 0.464. The Morgan fingerprint density at radius 1 is 1.42 bits per heavy atom. The van der Waals surface area contributed by atoms with E-state index in [4.69, 9.17) is 4.74 Å². The van der Waals surface area contributed by atoms with Crippen LogP contribution in [0.5, 0.6) is 0 Å². The summed E-state index contributed by atoms with van der Waals surface area (Å²) in [5.41, 5.74) is -0.496. The minimum Gasteiger partial charge on any atom is -0.465 e. The Morgan fingerprint density at radius 3 is 2.79 bits per heavy atom. The zero-order valence-corrected chi connectivity index (χ0v) is 11.5. The maximum atomic E-state index is 12.2. The smallest absolute Gasteiger partial charge is 0.319 e. The molecule has 1 heterocycles. The van der Waals surface area contributed by atoms with E-state index in [1.807, 2.05) is 6.92 Å². The molecule has 0 unspecified atom stereocenters. The van der Waals surface area contributed by atoms with Crippen molar-refractivity contribution in [1.29, 1.82) is 0 Å². The lowest BCUT2D eigenvalue weighted by molar-refractivity contribution is -0.146. The third kappa shape index (κ3) is 2.15. The average molecular weight is 263 g/mol. The number of esters is 1. The fraction of sp³-hybridized carbons (Fsp3) is 0.786. The first-order valence-electron chi connectivity index (χ1n) is 7.35. The minimum absolute atomic E-state index is 0.125. The van der Waals surface area contributed by atoms with Gasteiger partial charge in [-0.1, -0.05) is 19.3 Å². The molecule has 2 aliphatic rings. The number of carbonyl (C=O) groups excluding carboxylic acids is 1. The molecule has 0 bridgehead atoms. The van der Waals surface area contributed by atoms with Crippen molar-refractivity contribution in [2.75, 3.05) is 6.61 Å². The van der Waals surface area contributed by atoms with Crippen LogP contribution in [-0.4, -0.2) is 27.3 Å². The van der Waals surface area contributed by atoms with Crippen LogP contribution in [-0.2, 0) is 14.9 Å². The van der Waals surface area contributed by atoms with E-state index in [9.17, 15) is 4.79 Å². The van der Waals surface area contributed by atoms with Crippen molar-refractivity contribution in [3.05, 3.63) is 12.2 Å². The van der Waals surface area contributed by atoms with Crippen LogP contribution >= 0.6 is 0 Å². The van der Waals surface area contributed by atoms with Crippen LogP contribution in [0, 0.1) is 0 Å². The van der Waals surface area contributed by atoms with Gasteiger partial charge in [0.15, 0.2) is 5.82 Å². The molecule has 0 aromatic carbocycles. The summed E-state index contributed by atoms with van der Waals surface area (Å²) < 4.78 is 7.36. The van der Waals surface area contributed by atoms with Gasteiger partial charge in [0.2, 0.25) is 0 Å². The molecule has 0 N–H and O–H groups in total. The van der Waals surface area contributed by atoms with Gasteiger partial charge in [0, 0.05) is 6.04 Å². The van der Waals surface area contributed by atoms with Crippen LogP contribution in [0.25, 0.3) is 0 Å². The number of nitrogens with zero attached hydrogens (tertiary/aromatic N) is 3. The van der Waals surface area contributed by atoms with Crippen molar-refractivity contribution in [3.8, 4) is 0 Å². The van der Waals surface area contributed by atoms with E-state index in [0.717, 1.165) is 18.7 Å². The van der Waals surface area contributed by atoms with Gasteiger partial charge in [-0.25, -0.2) is 0 Å². The molecular weight excluding hydrogens is 242 g/mol. The Kier molecular flexibility index (Phi) is 3.29. The predicted molar refractivity (Wildman–Crippen MR) is 69.7 cm³/mol. The number of hydrogen-bond donors (Lipinski definition) is 0. The molecule has 5 heteroatoms.